The molecule has 0 aliphatic rings. The largest absolute Gasteiger partial charge is 0.504 e. The van der Waals surface area contributed by atoms with E-state index in [1.807, 2.05) is 6.07 Å². The second-order valence-corrected chi connectivity index (χ2v) is 7.16. The lowest BCUT2D eigenvalue weighted by Gasteiger charge is -2.04. The van der Waals surface area contributed by atoms with Gasteiger partial charge in [-0.1, -0.05) is 75.8 Å². The topological polar surface area (TPSA) is 40.5 Å². The highest BCUT2D eigenvalue weighted by molar-refractivity contribution is 5.40. The highest BCUT2D eigenvalue weighted by Gasteiger charge is 2.00. The van der Waals surface area contributed by atoms with Gasteiger partial charge in [-0.05, 0) is 62.6 Å². The van der Waals surface area contributed by atoms with E-state index in [4.69, 9.17) is 0 Å². The number of phenols is 2. The van der Waals surface area contributed by atoms with Gasteiger partial charge < -0.3 is 10.2 Å². The lowest BCUT2D eigenvalue weighted by molar-refractivity contribution is 0.403. The van der Waals surface area contributed by atoms with E-state index < -0.39 is 0 Å². The third kappa shape index (κ3) is 11.8. The summed E-state index contributed by atoms with van der Waals surface area (Å²) in [5.41, 5.74) is 1.10. The van der Waals surface area contributed by atoms with Crippen LogP contribution >= 0.6 is 0 Å². The SMILES string of the molecule is CCCCC/C=C\C/C=C\CCCCCCCCc1ccc(O)c(O)c1. The van der Waals surface area contributed by atoms with Crippen molar-refractivity contribution in [3.05, 3.63) is 48.1 Å². The van der Waals surface area contributed by atoms with Gasteiger partial charge in [0.2, 0.25) is 0 Å². The van der Waals surface area contributed by atoms with Crippen molar-refractivity contribution in [2.45, 2.75) is 90.4 Å². The third-order valence-corrected chi connectivity index (χ3v) is 4.71. The van der Waals surface area contributed by atoms with Crippen molar-refractivity contribution in [2.24, 2.45) is 0 Å². The Morgan fingerprint density at radius 1 is 0.692 bits per heavy atom. The maximum atomic E-state index is 9.48. The Hall–Kier alpha value is -1.70. The molecule has 0 aliphatic heterocycles. The fraction of sp³-hybridized carbons (Fsp3) is 0.583. The van der Waals surface area contributed by atoms with Crippen LogP contribution in [0.15, 0.2) is 42.5 Å². The summed E-state index contributed by atoms with van der Waals surface area (Å²) < 4.78 is 0. The van der Waals surface area contributed by atoms with Crippen molar-refractivity contribution in [3.8, 4) is 11.5 Å². The van der Waals surface area contributed by atoms with E-state index in [1.54, 1.807) is 12.1 Å². The van der Waals surface area contributed by atoms with Gasteiger partial charge in [0.15, 0.2) is 11.5 Å². The minimum atomic E-state index is -0.0363. The van der Waals surface area contributed by atoms with Gasteiger partial charge in [-0.15, -0.1) is 0 Å². The molecule has 0 saturated carbocycles. The van der Waals surface area contributed by atoms with E-state index >= 15 is 0 Å². The van der Waals surface area contributed by atoms with Crippen molar-refractivity contribution >= 4 is 0 Å². The predicted molar refractivity (Wildman–Crippen MR) is 113 cm³/mol. The van der Waals surface area contributed by atoms with E-state index in [0.29, 0.717) is 0 Å². The molecule has 0 unspecified atom stereocenters. The molecule has 0 aliphatic carbocycles. The Kier molecular flexibility index (Phi) is 13.4. The van der Waals surface area contributed by atoms with Gasteiger partial charge in [-0.2, -0.15) is 0 Å². The summed E-state index contributed by atoms with van der Waals surface area (Å²) in [6.45, 7) is 2.25. The molecule has 0 atom stereocenters. The molecule has 146 valence electrons. The van der Waals surface area contributed by atoms with Crippen molar-refractivity contribution in [3.63, 3.8) is 0 Å². The van der Waals surface area contributed by atoms with E-state index in [0.717, 1.165) is 24.8 Å². The van der Waals surface area contributed by atoms with E-state index in [-0.39, 0.29) is 11.5 Å². The van der Waals surface area contributed by atoms with Gasteiger partial charge in [-0.25, -0.2) is 0 Å². The van der Waals surface area contributed by atoms with Gasteiger partial charge in [0.1, 0.15) is 0 Å². The number of allylic oxidation sites excluding steroid dienone is 4. The quantitative estimate of drug-likeness (QED) is 0.194. The minimum Gasteiger partial charge on any atom is -0.504 e. The third-order valence-electron chi connectivity index (χ3n) is 4.71. The highest BCUT2D eigenvalue weighted by Crippen LogP contribution is 2.25. The molecular formula is C24H38O2. The van der Waals surface area contributed by atoms with Gasteiger partial charge in [0, 0.05) is 0 Å². The average molecular weight is 359 g/mol. The van der Waals surface area contributed by atoms with Gasteiger partial charge in [-0.3, -0.25) is 0 Å². The molecular weight excluding hydrogens is 320 g/mol. The Bertz CT molecular complexity index is 517. The maximum Gasteiger partial charge on any atom is 0.157 e. The summed E-state index contributed by atoms with van der Waals surface area (Å²) in [6.07, 6.45) is 25.3. The Morgan fingerprint density at radius 3 is 1.96 bits per heavy atom. The van der Waals surface area contributed by atoms with Gasteiger partial charge in [0.25, 0.3) is 0 Å². The number of phenolic OH excluding ortho intramolecular Hbond substituents is 2. The first-order chi connectivity index (χ1) is 12.7. The van der Waals surface area contributed by atoms with Gasteiger partial charge >= 0.3 is 0 Å². The smallest absolute Gasteiger partial charge is 0.157 e. The molecule has 0 fully saturated rings. The molecule has 0 saturated heterocycles. The van der Waals surface area contributed by atoms with Crippen LogP contribution < -0.4 is 0 Å². The summed E-state index contributed by atoms with van der Waals surface area (Å²) in [4.78, 5) is 0. The van der Waals surface area contributed by atoms with Crippen LogP contribution in [-0.2, 0) is 6.42 Å². The van der Waals surface area contributed by atoms with Crippen LogP contribution in [0.3, 0.4) is 0 Å². The van der Waals surface area contributed by atoms with Crippen molar-refractivity contribution in [1.82, 2.24) is 0 Å². The summed E-state index contributed by atoms with van der Waals surface area (Å²) in [5.74, 6) is -0.0478. The van der Waals surface area contributed by atoms with Crippen LogP contribution in [0, 0.1) is 0 Å². The molecule has 0 radical (unpaired) electrons. The van der Waals surface area contributed by atoms with Crippen LogP contribution in [0.25, 0.3) is 0 Å². The number of aryl methyl sites for hydroxylation is 1. The van der Waals surface area contributed by atoms with E-state index in [1.165, 1.54) is 64.2 Å². The molecule has 2 nitrogen and oxygen atoms in total. The lowest BCUT2D eigenvalue weighted by Crippen LogP contribution is -1.86. The number of benzene rings is 1. The molecule has 1 aromatic rings. The molecule has 0 bridgehead atoms. The second kappa shape index (κ2) is 15.5. The number of hydrogen-bond donors (Lipinski definition) is 2. The zero-order valence-electron chi connectivity index (χ0n) is 16.6. The molecule has 0 spiro atoms. The number of unbranched alkanes of at least 4 members (excludes halogenated alkanes) is 9. The first-order valence-corrected chi connectivity index (χ1v) is 10.5. The van der Waals surface area contributed by atoms with Crippen molar-refractivity contribution in [1.29, 1.82) is 0 Å². The van der Waals surface area contributed by atoms with Crippen LogP contribution in [-0.4, -0.2) is 10.2 Å². The molecule has 26 heavy (non-hydrogen) atoms. The second-order valence-electron chi connectivity index (χ2n) is 7.16. The fourth-order valence-corrected chi connectivity index (χ4v) is 3.04. The molecule has 0 aromatic heterocycles. The predicted octanol–water partition coefficient (Wildman–Crippen LogP) is 7.45. The zero-order chi connectivity index (χ0) is 18.9. The van der Waals surface area contributed by atoms with Crippen molar-refractivity contribution in [2.75, 3.05) is 0 Å². The van der Waals surface area contributed by atoms with Crippen LogP contribution in [0.1, 0.15) is 89.5 Å². The average Bonchev–Trinajstić information content (AvgIpc) is 2.64. The first-order valence-electron chi connectivity index (χ1n) is 10.5. The molecule has 2 N–H and O–H groups in total. The molecule has 1 aromatic carbocycles. The fourth-order valence-electron chi connectivity index (χ4n) is 3.04. The molecule has 2 heteroatoms. The Labute approximate surface area is 160 Å². The van der Waals surface area contributed by atoms with E-state index in [9.17, 15) is 10.2 Å². The number of hydrogen-bond acceptors (Lipinski definition) is 2. The summed E-state index contributed by atoms with van der Waals surface area (Å²) in [7, 11) is 0. The lowest BCUT2D eigenvalue weighted by atomic mass is 10.0. The minimum absolute atomic E-state index is 0.0115. The maximum absolute atomic E-state index is 9.48. The van der Waals surface area contributed by atoms with Crippen LogP contribution in [0.5, 0.6) is 11.5 Å². The standard InChI is InChI=1S/C24H38O2/c1-2-3-4-5-6-7-8-9-10-11-12-13-14-15-16-17-18-22-19-20-23(25)24(26)21-22/h6-7,9-10,19-21,25-26H,2-5,8,11-18H2,1H3/b7-6-,10-9-. The van der Waals surface area contributed by atoms with Crippen LogP contribution in [0.2, 0.25) is 0 Å². The van der Waals surface area contributed by atoms with Crippen molar-refractivity contribution < 1.29 is 10.2 Å². The molecule has 1 rings (SSSR count). The number of aromatic hydroxyl groups is 2. The summed E-state index contributed by atoms with van der Waals surface area (Å²) >= 11 is 0. The number of rotatable bonds is 15. The normalized spacial score (nSPS) is 11.7. The monoisotopic (exact) mass is 358 g/mol. The zero-order valence-corrected chi connectivity index (χ0v) is 16.6. The van der Waals surface area contributed by atoms with Gasteiger partial charge in [0.05, 0.1) is 0 Å². The summed E-state index contributed by atoms with van der Waals surface area (Å²) in [6, 6.07) is 5.13. The van der Waals surface area contributed by atoms with Crippen LogP contribution in [0.4, 0.5) is 0 Å². The first kappa shape index (κ1) is 22.3. The molecule has 0 amide bonds. The molecule has 0 heterocycles. The van der Waals surface area contributed by atoms with E-state index in [2.05, 4.69) is 31.2 Å². The highest BCUT2D eigenvalue weighted by atomic mass is 16.3. The Morgan fingerprint density at radius 2 is 1.31 bits per heavy atom. The Balaban J connectivity index is 1.88. The summed E-state index contributed by atoms with van der Waals surface area (Å²) in [5, 5.41) is 18.8.